The molecule has 1 rings (SSSR count). The molecule has 0 heterocycles. The second-order valence-corrected chi connectivity index (χ2v) is 4.64. The van der Waals surface area contributed by atoms with Crippen LogP contribution in [0.15, 0.2) is 12.1 Å². The summed E-state index contributed by atoms with van der Waals surface area (Å²) in [5.41, 5.74) is 3.79. The van der Waals surface area contributed by atoms with E-state index in [1.165, 1.54) is 23.1 Å². The van der Waals surface area contributed by atoms with Gasteiger partial charge in [0.1, 0.15) is 5.75 Å². The summed E-state index contributed by atoms with van der Waals surface area (Å²) in [6.07, 6.45) is 2.29. The maximum atomic E-state index is 5.87. The number of unbranched alkanes of at least 4 members (excludes halogenated alkanes) is 1. The highest BCUT2D eigenvalue weighted by Crippen LogP contribution is 2.24. The lowest BCUT2D eigenvalue weighted by Crippen LogP contribution is -2.14. The Hall–Kier alpha value is -1.02. The van der Waals surface area contributed by atoms with Gasteiger partial charge in [0.05, 0.1) is 6.61 Å². The minimum atomic E-state index is 0.816. The summed E-state index contributed by atoms with van der Waals surface area (Å²) in [6.45, 7) is 11.5. The first-order chi connectivity index (χ1) is 8.15. The van der Waals surface area contributed by atoms with E-state index in [2.05, 4.69) is 45.1 Å². The van der Waals surface area contributed by atoms with E-state index in [4.69, 9.17) is 4.74 Å². The summed E-state index contributed by atoms with van der Waals surface area (Å²) < 4.78 is 5.87. The molecule has 0 amide bonds. The van der Waals surface area contributed by atoms with E-state index in [1.807, 2.05) is 0 Å². The van der Waals surface area contributed by atoms with Gasteiger partial charge in [-0.05, 0) is 57.8 Å². The molecule has 1 aromatic carbocycles. The first-order valence-electron chi connectivity index (χ1n) is 6.56. The van der Waals surface area contributed by atoms with Crippen LogP contribution >= 0.6 is 0 Å². The zero-order valence-corrected chi connectivity index (χ0v) is 11.6. The van der Waals surface area contributed by atoms with Gasteiger partial charge in [0, 0.05) is 0 Å². The van der Waals surface area contributed by atoms with Gasteiger partial charge in [0.15, 0.2) is 0 Å². The minimum Gasteiger partial charge on any atom is -0.493 e. The van der Waals surface area contributed by atoms with E-state index in [0.717, 1.165) is 31.9 Å². The Morgan fingerprint density at radius 1 is 1.06 bits per heavy atom. The van der Waals surface area contributed by atoms with Gasteiger partial charge in [-0.2, -0.15) is 0 Å². The maximum absolute atomic E-state index is 5.87. The van der Waals surface area contributed by atoms with Crippen molar-refractivity contribution in [3.8, 4) is 5.75 Å². The van der Waals surface area contributed by atoms with E-state index in [9.17, 15) is 0 Å². The normalized spacial score (nSPS) is 10.6. The molecule has 0 aromatic heterocycles. The Labute approximate surface area is 105 Å². The second-order valence-electron chi connectivity index (χ2n) is 4.64. The van der Waals surface area contributed by atoms with Crippen molar-refractivity contribution in [1.29, 1.82) is 0 Å². The lowest BCUT2D eigenvalue weighted by atomic mass is 10.1. The maximum Gasteiger partial charge on any atom is 0.125 e. The number of hydrogen-bond acceptors (Lipinski definition) is 2. The smallest absolute Gasteiger partial charge is 0.125 e. The summed E-state index contributed by atoms with van der Waals surface area (Å²) in [4.78, 5) is 0. The number of nitrogens with one attached hydrogen (secondary N) is 1. The number of ether oxygens (including phenoxy) is 1. The van der Waals surface area contributed by atoms with Gasteiger partial charge < -0.3 is 10.1 Å². The van der Waals surface area contributed by atoms with Crippen LogP contribution in [-0.4, -0.2) is 19.7 Å². The zero-order chi connectivity index (χ0) is 12.7. The average molecular weight is 235 g/mol. The highest BCUT2D eigenvalue weighted by Gasteiger charge is 2.04. The fourth-order valence-corrected chi connectivity index (χ4v) is 2.10. The van der Waals surface area contributed by atoms with Crippen LogP contribution in [0.1, 0.15) is 36.5 Å². The van der Waals surface area contributed by atoms with Gasteiger partial charge in [-0.25, -0.2) is 0 Å². The molecule has 2 nitrogen and oxygen atoms in total. The van der Waals surface area contributed by atoms with Crippen LogP contribution in [0.2, 0.25) is 0 Å². The molecule has 0 saturated heterocycles. The first kappa shape index (κ1) is 14.0. The number of hydrogen-bond donors (Lipinski definition) is 1. The molecular formula is C15H25NO. The Kier molecular flexibility index (Phi) is 6.06. The third-order valence-electron chi connectivity index (χ3n) is 2.85. The molecule has 0 fully saturated rings. The average Bonchev–Trinajstić information content (AvgIpc) is 2.26. The van der Waals surface area contributed by atoms with Crippen molar-refractivity contribution in [2.75, 3.05) is 19.7 Å². The van der Waals surface area contributed by atoms with Gasteiger partial charge in [-0.15, -0.1) is 0 Å². The predicted molar refractivity (Wildman–Crippen MR) is 73.9 cm³/mol. The van der Waals surface area contributed by atoms with E-state index in [-0.39, 0.29) is 0 Å². The van der Waals surface area contributed by atoms with Gasteiger partial charge in [-0.1, -0.05) is 24.6 Å². The van der Waals surface area contributed by atoms with Crippen LogP contribution in [0, 0.1) is 20.8 Å². The van der Waals surface area contributed by atoms with E-state index >= 15 is 0 Å². The van der Waals surface area contributed by atoms with E-state index < -0.39 is 0 Å². The Balaban J connectivity index is 2.36. The Morgan fingerprint density at radius 3 is 2.29 bits per heavy atom. The molecule has 0 aliphatic carbocycles. The molecule has 0 unspecified atom stereocenters. The third kappa shape index (κ3) is 4.78. The molecule has 0 saturated carbocycles. The van der Waals surface area contributed by atoms with Crippen molar-refractivity contribution in [3.05, 3.63) is 28.8 Å². The van der Waals surface area contributed by atoms with Crippen LogP contribution in [0.5, 0.6) is 5.75 Å². The molecule has 96 valence electrons. The fourth-order valence-electron chi connectivity index (χ4n) is 2.10. The van der Waals surface area contributed by atoms with Crippen LogP contribution in [-0.2, 0) is 0 Å². The van der Waals surface area contributed by atoms with Crippen LogP contribution in [0.3, 0.4) is 0 Å². The standard InChI is InChI=1S/C15H25NO/c1-5-16-8-6-7-9-17-15-13(3)10-12(2)11-14(15)4/h10-11,16H,5-9H2,1-4H3. The van der Waals surface area contributed by atoms with Gasteiger partial charge >= 0.3 is 0 Å². The summed E-state index contributed by atoms with van der Waals surface area (Å²) in [6, 6.07) is 4.36. The lowest BCUT2D eigenvalue weighted by Gasteiger charge is -2.13. The van der Waals surface area contributed by atoms with Crippen molar-refractivity contribution in [3.63, 3.8) is 0 Å². The summed E-state index contributed by atoms with van der Waals surface area (Å²) in [5, 5.41) is 3.32. The zero-order valence-electron chi connectivity index (χ0n) is 11.6. The second kappa shape index (κ2) is 7.33. The largest absolute Gasteiger partial charge is 0.493 e. The molecule has 17 heavy (non-hydrogen) atoms. The Bertz CT molecular complexity index is 324. The summed E-state index contributed by atoms with van der Waals surface area (Å²) >= 11 is 0. The minimum absolute atomic E-state index is 0.816. The molecule has 0 bridgehead atoms. The molecule has 0 spiro atoms. The van der Waals surface area contributed by atoms with Gasteiger partial charge in [-0.3, -0.25) is 0 Å². The third-order valence-corrected chi connectivity index (χ3v) is 2.85. The lowest BCUT2D eigenvalue weighted by molar-refractivity contribution is 0.302. The molecule has 0 atom stereocenters. The SMILES string of the molecule is CCNCCCCOc1c(C)cc(C)cc1C. The number of aryl methyl sites for hydroxylation is 3. The van der Waals surface area contributed by atoms with E-state index in [1.54, 1.807) is 0 Å². The van der Waals surface area contributed by atoms with Crippen molar-refractivity contribution in [2.24, 2.45) is 0 Å². The van der Waals surface area contributed by atoms with Crippen molar-refractivity contribution in [1.82, 2.24) is 5.32 Å². The van der Waals surface area contributed by atoms with Crippen LogP contribution in [0.25, 0.3) is 0 Å². The van der Waals surface area contributed by atoms with Crippen LogP contribution in [0.4, 0.5) is 0 Å². The molecular weight excluding hydrogens is 210 g/mol. The summed E-state index contributed by atoms with van der Waals surface area (Å²) in [7, 11) is 0. The van der Waals surface area contributed by atoms with Gasteiger partial charge in [0.25, 0.3) is 0 Å². The van der Waals surface area contributed by atoms with Crippen LogP contribution < -0.4 is 10.1 Å². The summed E-state index contributed by atoms with van der Waals surface area (Å²) in [5.74, 6) is 1.07. The molecule has 0 aliphatic rings. The number of rotatable bonds is 7. The highest BCUT2D eigenvalue weighted by molar-refractivity contribution is 5.42. The highest BCUT2D eigenvalue weighted by atomic mass is 16.5. The molecule has 0 aliphatic heterocycles. The van der Waals surface area contributed by atoms with Gasteiger partial charge in [0.2, 0.25) is 0 Å². The molecule has 2 heteroatoms. The molecule has 0 radical (unpaired) electrons. The first-order valence-corrected chi connectivity index (χ1v) is 6.56. The Morgan fingerprint density at radius 2 is 1.71 bits per heavy atom. The quantitative estimate of drug-likeness (QED) is 0.732. The topological polar surface area (TPSA) is 21.3 Å². The van der Waals surface area contributed by atoms with Crippen molar-refractivity contribution < 1.29 is 4.74 Å². The van der Waals surface area contributed by atoms with Crippen molar-refractivity contribution >= 4 is 0 Å². The van der Waals surface area contributed by atoms with E-state index in [0.29, 0.717) is 0 Å². The number of benzene rings is 1. The fraction of sp³-hybridized carbons (Fsp3) is 0.600. The van der Waals surface area contributed by atoms with Crippen molar-refractivity contribution in [2.45, 2.75) is 40.5 Å². The predicted octanol–water partition coefficient (Wildman–Crippen LogP) is 3.38. The molecule has 1 N–H and O–H groups in total. The monoisotopic (exact) mass is 235 g/mol. The molecule has 1 aromatic rings.